The van der Waals surface area contributed by atoms with Crippen LogP contribution in [0.2, 0.25) is 0 Å². The predicted octanol–water partition coefficient (Wildman–Crippen LogP) is 2.02. The summed E-state index contributed by atoms with van der Waals surface area (Å²) in [7, 11) is 0. The SMILES string of the molecule is CC(=O)Nc1ncc(CN2C[C@H](Oc3ccc(C#N)cn3)[C@H]2C)s1. The quantitative estimate of drug-likeness (QED) is 0.893. The molecule has 0 unspecified atom stereocenters. The van der Waals surface area contributed by atoms with Gasteiger partial charge in [-0.3, -0.25) is 9.69 Å². The zero-order valence-electron chi connectivity index (χ0n) is 13.4. The number of nitriles is 1. The van der Waals surface area contributed by atoms with Crippen LogP contribution in [0, 0.1) is 11.3 Å². The number of pyridine rings is 1. The lowest BCUT2D eigenvalue weighted by Crippen LogP contribution is -2.60. The first-order valence-electron chi connectivity index (χ1n) is 7.54. The summed E-state index contributed by atoms with van der Waals surface area (Å²) in [5, 5.41) is 12.1. The summed E-state index contributed by atoms with van der Waals surface area (Å²) >= 11 is 1.48. The van der Waals surface area contributed by atoms with Gasteiger partial charge in [-0.2, -0.15) is 5.26 Å². The lowest BCUT2D eigenvalue weighted by Gasteiger charge is -2.45. The number of carbonyl (C=O) groups is 1. The average molecular weight is 343 g/mol. The van der Waals surface area contributed by atoms with Crippen molar-refractivity contribution in [2.75, 3.05) is 11.9 Å². The van der Waals surface area contributed by atoms with E-state index in [-0.39, 0.29) is 18.1 Å². The van der Waals surface area contributed by atoms with Gasteiger partial charge >= 0.3 is 0 Å². The molecule has 3 rings (SSSR count). The Labute approximate surface area is 143 Å². The maximum absolute atomic E-state index is 11.0. The molecule has 0 aromatic carbocycles. The van der Waals surface area contributed by atoms with Crippen LogP contribution in [0.1, 0.15) is 24.3 Å². The standard InChI is InChI=1S/C16H17N5O2S/c1-10-14(23-15-4-3-12(5-17)6-18-15)9-21(10)8-13-7-19-16(24-13)20-11(2)22/h3-4,6-7,10,14H,8-9H2,1-2H3,(H,19,20,22)/t10-,14+/m1/s1. The number of aromatic nitrogens is 2. The number of likely N-dealkylation sites (tertiary alicyclic amines) is 1. The van der Waals surface area contributed by atoms with Crippen molar-refractivity contribution in [1.82, 2.24) is 14.9 Å². The van der Waals surface area contributed by atoms with Crippen molar-refractivity contribution < 1.29 is 9.53 Å². The van der Waals surface area contributed by atoms with Crippen LogP contribution in [0.5, 0.6) is 5.88 Å². The number of nitrogens with zero attached hydrogens (tertiary/aromatic N) is 4. The van der Waals surface area contributed by atoms with Crippen molar-refractivity contribution in [1.29, 1.82) is 5.26 Å². The molecule has 1 aliphatic heterocycles. The molecular weight excluding hydrogens is 326 g/mol. The molecule has 3 heterocycles. The van der Waals surface area contributed by atoms with E-state index in [0.29, 0.717) is 16.6 Å². The maximum atomic E-state index is 11.0. The first-order chi connectivity index (χ1) is 11.5. The molecule has 0 spiro atoms. The molecule has 1 amide bonds. The third kappa shape index (κ3) is 3.69. The van der Waals surface area contributed by atoms with E-state index in [9.17, 15) is 4.79 Å². The Balaban J connectivity index is 1.51. The number of nitrogens with one attached hydrogen (secondary N) is 1. The minimum absolute atomic E-state index is 0.0770. The highest BCUT2D eigenvalue weighted by atomic mass is 32.1. The van der Waals surface area contributed by atoms with Crippen molar-refractivity contribution in [2.45, 2.75) is 32.5 Å². The molecule has 2 aromatic heterocycles. The fourth-order valence-corrected chi connectivity index (χ4v) is 3.34. The topological polar surface area (TPSA) is 91.1 Å². The molecule has 24 heavy (non-hydrogen) atoms. The van der Waals surface area contributed by atoms with Crippen LogP contribution in [0.25, 0.3) is 0 Å². The second kappa shape index (κ2) is 6.95. The molecule has 1 saturated heterocycles. The van der Waals surface area contributed by atoms with Crippen LogP contribution < -0.4 is 10.1 Å². The van der Waals surface area contributed by atoms with Gasteiger partial charge in [-0.1, -0.05) is 0 Å². The Morgan fingerprint density at radius 2 is 2.33 bits per heavy atom. The van der Waals surface area contributed by atoms with Gasteiger partial charge in [-0.25, -0.2) is 9.97 Å². The van der Waals surface area contributed by atoms with Crippen LogP contribution in [-0.4, -0.2) is 39.5 Å². The molecule has 0 aliphatic carbocycles. The van der Waals surface area contributed by atoms with Crippen LogP contribution in [-0.2, 0) is 11.3 Å². The van der Waals surface area contributed by atoms with Gasteiger partial charge < -0.3 is 10.1 Å². The van der Waals surface area contributed by atoms with Crippen molar-refractivity contribution in [3.63, 3.8) is 0 Å². The molecule has 8 heteroatoms. The van der Waals surface area contributed by atoms with Crippen molar-refractivity contribution >= 4 is 22.4 Å². The van der Waals surface area contributed by atoms with E-state index in [1.165, 1.54) is 24.5 Å². The van der Waals surface area contributed by atoms with Gasteiger partial charge in [0.15, 0.2) is 5.13 Å². The number of hydrogen-bond acceptors (Lipinski definition) is 7. The zero-order valence-corrected chi connectivity index (χ0v) is 14.2. The van der Waals surface area contributed by atoms with Crippen LogP contribution in [0.4, 0.5) is 5.13 Å². The van der Waals surface area contributed by atoms with E-state index >= 15 is 0 Å². The summed E-state index contributed by atoms with van der Waals surface area (Å²) in [5.74, 6) is 0.424. The number of amides is 1. The van der Waals surface area contributed by atoms with Crippen molar-refractivity contribution in [3.8, 4) is 11.9 Å². The van der Waals surface area contributed by atoms with E-state index in [4.69, 9.17) is 10.00 Å². The number of anilines is 1. The largest absolute Gasteiger partial charge is 0.471 e. The van der Waals surface area contributed by atoms with Gasteiger partial charge in [0.2, 0.25) is 11.8 Å². The first kappa shape index (κ1) is 16.4. The monoisotopic (exact) mass is 343 g/mol. The van der Waals surface area contributed by atoms with E-state index in [0.717, 1.165) is 18.0 Å². The fraction of sp³-hybridized carbons (Fsp3) is 0.375. The van der Waals surface area contributed by atoms with E-state index < -0.39 is 0 Å². The summed E-state index contributed by atoms with van der Waals surface area (Å²) in [4.78, 5) is 22.7. The molecule has 2 atom stereocenters. The smallest absolute Gasteiger partial charge is 0.223 e. The maximum Gasteiger partial charge on any atom is 0.223 e. The Bertz CT molecular complexity index is 768. The van der Waals surface area contributed by atoms with Gasteiger partial charge in [0, 0.05) is 49.4 Å². The predicted molar refractivity (Wildman–Crippen MR) is 89.7 cm³/mol. The molecule has 0 bridgehead atoms. The summed E-state index contributed by atoms with van der Waals surface area (Å²) in [6, 6.07) is 5.71. The fourth-order valence-electron chi connectivity index (χ4n) is 2.45. The molecule has 124 valence electrons. The number of hydrogen-bond donors (Lipinski definition) is 1. The second-order valence-electron chi connectivity index (χ2n) is 5.64. The molecule has 2 aromatic rings. The lowest BCUT2D eigenvalue weighted by molar-refractivity contribution is -0.114. The number of ether oxygens (including phenoxy) is 1. The third-order valence-electron chi connectivity index (χ3n) is 3.86. The molecule has 0 saturated carbocycles. The number of thiazole rings is 1. The molecule has 1 N–H and O–H groups in total. The van der Waals surface area contributed by atoms with Gasteiger partial charge in [-0.05, 0) is 13.0 Å². The summed E-state index contributed by atoms with van der Waals surface area (Å²) in [6.07, 6.45) is 3.38. The highest BCUT2D eigenvalue weighted by Crippen LogP contribution is 2.27. The Hall–Kier alpha value is -2.50. The van der Waals surface area contributed by atoms with E-state index in [2.05, 4.69) is 27.1 Å². The molecule has 1 fully saturated rings. The van der Waals surface area contributed by atoms with Gasteiger partial charge in [0.1, 0.15) is 12.2 Å². The zero-order chi connectivity index (χ0) is 17.1. The first-order valence-corrected chi connectivity index (χ1v) is 8.36. The highest BCUT2D eigenvalue weighted by molar-refractivity contribution is 7.15. The Morgan fingerprint density at radius 1 is 1.50 bits per heavy atom. The number of rotatable bonds is 5. The van der Waals surface area contributed by atoms with Gasteiger partial charge in [0.25, 0.3) is 0 Å². The Morgan fingerprint density at radius 3 is 2.96 bits per heavy atom. The highest BCUT2D eigenvalue weighted by Gasteiger charge is 2.37. The summed E-state index contributed by atoms with van der Waals surface area (Å²) in [6.45, 7) is 5.15. The normalized spacial score (nSPS) is 20.0. The molecule has 7 nitrogen and oxygen atoms in total. The molecule has 0 radical (unpaired) electrons. The lowest BCUT2D eigenvalue weighted by atomic mass is 10.0. The Kier molecular flexibility index (Phi) is 4.74. The third-order valence-corrected chi connectivity index (χ3v) is 4.76. The van der Waals surface area contributed by atoms with E-state index in [1.54, 1.807) is 18.3 Å². The minimum atomic E-state index is -0.114. The van der Waals surface area contributed by atoms with Crippen molar-refractivity contribution in [3.05, 3.63) is 35.0 Å². The summed E-state index contributed by atoms with van der Waals surface area (Å²) < 4.78 is 5.86. The van der Waals surface area contributed by atoms with Gasteiger partial charge in [0.05, 0.1) is 5.56 Å². The number of carbonyl (C=O) groups excluding carboxylic acids is 1. The molecule has 1 aliphatic rings. The summed E-state index contributed by atoms with van der Waals surface area (Å²) in [5.41, 5.74) is 0.519. The average Bonchev–Trinajstić information content (AvgIpc) is 3.00. The van der Waals surface area contributed by atoms with Crippen LogP contribution in [0.3, 0.4) is 0 Å². The van der Waals surface area contributed by atoms with E-state index in [1.807, 2.05) is 6.07 Å². The van der Waals surface area contributed by atoms with Crippen LogP contribution in [0.15, 0.2) is 24.5 Å². The van der Waals surface area contributed by atoms with Gasteiger partial charge in [-0.15, -0.1) is 11.3 Å². The van der Waals surface area contributed by atoms with Crippen LogP contribution >= 0.6 is 11.3 Å². The molecular formula is C16H17N5O2S. The second-order valence-corrected chi connectivity index (χ2v) is 6.75. The van der Waals surface area contributed by atoms with Crippen molar-refractivity contribution in [2.24, 2.45) is 0 Å². The minimum Gasteiger partial charge on any atom is -0.471 e.